The first-order valence-electron chi connectivity index (χ1n) is 8.74. The number of anilines is 1. The molecule has 1 unspecified atom stereocenters. The fourth-order valence-corrected chi connectivity index (χ4v) is 3.79. The number of piperidine rings is 1. The Morgan fingerprint density at radius 3 is 3.04 bits per heavy atom. The number of rotatable bonds is 3. The highest BCUT2D eigenvalue weighted by molar-refractivity contribution is 6.32. The van der Waals surface area contributed by atoms with E-state index < -0.39 is 0 Å². The van der Waals surface area contributed by atoms with Gasteiger partial charge in [-0.25, -0.2) is 9.97 Å². The van der Waals surface area contributed by atoms with Crippen molar-refractivity contribution in [3.63, 3.8) is 0 Å². The number of nitrogens with zero attached hydrogens (tertiary/aromatic N) is 4. The van der Waals surface area contributed by atoms with Gasteiger partial charge in [-0.05, 0) is 25.5 Å². The summed E-state index contributed by atoms with van der Waals surface area (Å²) in [7, 11) is 0. The van der Waals surface area contributed by atoms with Gasteiger partial charge in [-0.2, -0.15) is 5.10 Å². The molecule has 1 saturated heterocycles. The van der Waals surface area contributed by atoms with Crippen molar-refractivity contribution in [3.05, 3.63) is 41.8 Å². The third-order valence-corrected chi connectivity index (χ3v) is 5.18. The van der Waals surface area contributed by atoms with Gasteiger partial charge < -0.3 is 10.6 Å². The maximum absolute atomic E-state index is 6.66. The lowest BCUT2D eigenvalue weighted by molar-refractivity contribution is 0.479. The first kappa shape index (κ1) is 15.6. The summed E-state index contributed by atoms with van der Waals surface area (Å²) in [6.45, 7) is 1.98. The van der Waals surface area contributed by atoms with Crippen LogP contribution in [0.15, 0.2) is 36.7 Å². The lowest BCUT2D eigenvalue weighted by Gasteiger charge is -2.24. The van der Waals surface area contributed by atoms with Crippen LogP contribution in [-0.4, -0.2) is 43.7 Å². The molecule has 0 saturated carbocycles. The molecule has 1 aromatic carbocycles. The molecular formula is C18H18ClN7. The summed E-state index contributed by atoms with van der Waals surface area (Å²) >= 11 is 6.66. The molecule has 4 heterocycles. The maximum Gasteiger partial charge on any atom is 0.181 e. The summed E-state index contributed by atoms with van der Waals surface area (Å²) in [6.07, 6.45) is 5.83. The maximum atomic E-state index is 6.66. The molecular weight excluding hydrogens is 350 g/mol. The molecule has 0 spiro atoms. The number of para-hydroxylation sites is 1. The lowest BCUT2D eigenvalue weighted by Crippen LogP contribution is -2.38. The number of aromatic amines is 1. The Kier molecular flexibility index (Phi) is 3.76. The van der Waals surface area contributed by atoms with E-state index in [-0.39, 0.29) is 0 Å². The normalized spacial score (nSPS) is 17.8. The number of hydrogen-bond donors (Lipinski definition) is 3. The Labute approximate surface area is 154 Å². The van der Waals surface area contributed by atoms with Crippen molar-refractivity contribution in [2.75, 3.05) is 18.4 Å². The number of aromatic nitrogens is 5. The van der Waals surface area contributed by atoms with Crippen LogP contribution >= 0.6 is 11.6 Å². The zero-order valence-corrected chi connectivity index (χ0v) is 14.8. The van der Waals surface area contributed by atoms with Gasteiger partial charge >= 0.3 is 0 Å². The molecule has 5 rings (SSSR count). The molecule has 0 amide bonds. The van der Waals surface area contributed by atoms with Crippen LogP contribution in [0.3, 0.4) is 0 Å². The van der Waals surface area contributed by atoms with E-state index in [1.165, 1.54) is 0 Å². The molecule has 1 atom stereocenters. The SMILES string of the molecule is Clc1c(-c2n[nH]c3ccccc23)nc(NC2CCCNC2)c2nccn12. The predicted molar refractivity (Wildman–Crippen MR) is 103 cm³/mol. The summed E-state index contributed by atoms with van der Waals surface area (Å²) in [5.74, 6) is 0.732. The number of imidazole rings is 1. The van der Waals surface area contributed by atoms with E-state index in [1.807, 2.05) is 34.9 Å². The van der Waals surface area contributed by atoms with E-state index in [1.54, 1.807) is 6.20 Å². The van der Waals surface area contributed by atoms with Crippen LogP contribution in [0.25, 0.3) is 27.9 Å². The van der Waals surface area contributed by atoms with E-state index in [2.05, 4.69) is 25.8 Å². The van der Waals surface area contributed by atoms with Crippen LogP contribution in [0.1, 0.15) is 12.8 Å². The topological polar surface area (TPSA) is 82.9 Å². The van der Waals surface area contributed by atoms with Crippen LogP contribution in [0.5, 0.6) is 0 Å². The Morgan fingerprint density at radius 1 is 1.23 bits per heavy atom. The third-order valence-electron chi connectivity index (χ3n) is 4.82. The highest BCUT2D eigenvalue weighted by atomic mass is 35.5. The lowest BCUT2D eigenvalue weighted by atomic mass is 10.1. The van der Waals surface area contributed by atoms with Gasteiger partial charge in [0, 0.05) is 30.4 Å². The van der Waals surface area contributed by atoms with E-state index in [0.717, 1.165) is 54.0 Å². The molecule has 26 heavy (non-hydrogen) atoms. The highest BCUT2D eigenvalue weighted by Gasteiger charge is 2.21. The summed E-state index contributed by atoms with van der Waals surface area (Å²) < 4.78 is 1.85. The smallest absolute Gasteiger partial charge is 0.181 e. The first-order chi connectivity index (χ1) is 12.8. The Morgan fingerprint density at radius 2 is 2.15 bits per heavy atom. The van der Waals surface area contributed by atoms with Gasteiger partial charge in [-0.1, -0.05) is 29.8 Å². The molecule has 3 aromatic heterocycles. The fourth-order valence-electron chi connectivity index (χ4n) is 3.52. The van der Waals surface area contributed by atoms with Gasteiger partial charge in [0.05, 0.1) is 5.52 Å². The second-order valence-electron chi connectivity index (χ2n) is 6.53. The zero-order chi connectivity index (χ0) is 17.5. The number of nitrogens with one attached hydrogen (secondary N) is 3. The van der Waals surface area contributed by atoms with Gasteiger partial charge in [0.15, 0.2) is 11.5 Å². The van der Waals surface area contributed by atoms with Crippen molar-refractivity contribution in [1.29, 1.82) is 0 Å². The van der Waals surface area contributed by atoms with E-state index >= 15 is 0 Å². The van der Waals surface area contributed by atoms with Gasteiger partial charge in [0.25, 0.3) is 0 Å². The summed E-state index contributed by atoms with van der Waals surface area (Å²) in [6, 6.07) is 8.28. The predicted octanol–water partition coefficient (Wildman–Crippen LogP) is 3.09. The largest absolute Gasteiger partial charge is 0.363 e. The standard InChI is InChI=1S/C18H18ClN7/c19-16-15(14-12-5-1-2-6-13(12)24-25-14)23-17(18-21-8-9-26(16)18)22-11-4-3-7-20-10-11/h1-2,5-6,8-9,11,20H,3-4,7,10H2,(H,22,23)(H,24,25). The molecule has 1 aliphatic rings. The number of hydrogen-bond acceptors (Lipinski definition) is 5. The van der Waals surface area contributed by atoms with E-state index in [4.69, 9.17) is 16.6 Å². The van der Waals surface area contributed by atoms with Gasteiger partial charge in [-0.15, -0.1) is 0 Å². The molecule has 7 nitrogen and oxygen atoms in total. The van der Waals surface area contributed by atoms with Gasteiger partial charge in [-0.3, -0.25) is 9.50 Å². The molecule has 0 radical (unpaired) electrons. The summed E-state index contributed by atoms with van der Waals surface area (Å²) in [5, 5.41) is 16.0. The third kappa shape index (κ3) is 2.51. The molecule has 0 bridgehead atoms. The zero-order valence-electron chi connectivity index (χ0n) is 14.0. The molecule has 1 aliphatic heterocycles. The molecule has 0 aliphatic carbocycles. The Hall–Kier alpha value is -2.64. The van der Waals surface area contributed by atoms with Crippen molar-refractivity contribution in [2.24, 2.45) is 0 Å². The monoisotopic (exact) mass is 367 g/mol. The number of halogens is 1. The van der Waals surface area contributed by atoms with Crippen LogP contribution in [0.4, 0.5) is 5.82 Å². The van der Waals surface area contributed by atoms with Crippen LogP contribution < -0.4 is 10.6 Å². The Bertz CT molecular complexity index is 1080. The fraction of sp³-hybridized carbons (Fsp3) is 0.278. The van der Waals surface area contributed by atoms with Gasteiger partial charge in [0.2, 0.25) is 0 Å². The average Bonchev–Trinajstić information content (AvgIpc) is 3.32. The second kappa shape index (κ2) is 6.26. The van der Waals surface area contributed by atoms with Crippen LogP contribution in [-0.2, 0) is 0 Å². The van der Waals surface area contributed by atoms with Crippen molar-refractivity contribution < 1.29 is 0 Å². The minimum atomic E-state index is 0.321. The van der Waals surface area contributed by atoms with Crippen molar-refractivity contribution >= 4 is 34.0 Å². The van der Waals surface area contributed by atoms with Gasteiger partial charge in [0.1, 0.15) is 16.5 Å². The van der Waals surface area contributed by atoms with Crippen molar-refractivity contribution in [1.82, 2.24) is 29.9 Å². The minimum Gasteiger partial charge on any atom is -0.363 e. The van der Waals surface area contributed by atoms with E-state index in [0.29, 0.717) is 16.9 Å². The van der Waals surface area contributed by atoms with Crippen molar-refractivity contribution in [3.8, 4) is 11.4 Å². The molecule has 1 fully saturated rings. The summed E-state index contributed by atoms with van der Waals surface area (Å²) in [4.78, 5) is 9.26. The number of benzene rings is 1. The van der Waals surface area contributed by atoms with Crippen molar-refractivity contribution in [2.45, 2.75) is 18.9 Å². The Balaban J connectivity index is 1.66. The first-order valence-corrected chi connectivity index (χ1v) is 9.12. The van der Waals surface area contributed by atoms with Crippen LogP contribution in [0.2, 0.25) is 5.15 Å². The van der Waals surface area contributed by atoms with E-state index in [9.17, 15) is 0 Å². The molecule has 8 heteroatoms. The number of fused-ring (bicyclic) bond motifs is 2. The molecule has 4 aromatic rings. The number of H-pyrrole nitrogens is 1. The highest BCUT2D eigenvalue weighted by Crippen LogP contribution is 2.33. The quantitative estimate of drug-likeness (QED) is 0.518. The second-order valence-corrected chi connectivity index (χ2v) is 6.88. The summed E-state index contributed by atoms with van der Waals surface area (Å²) in [5.41, 5.74) is 3.06. The minimum absolute atomic E-state index is 0.321. The molecule has 3 N–H and O–H groups in total. The average molecular weight is 368 g/mol. The molecule has 132 valence electrons. The van der Waals surface area contributed by atoms with Crippen LogP contribution in [0, 0.1) is 0 Å².